The normalized spacial score (nSPS) is 11.7. The Hall–Kier alpha value is -2.41. The Morgan fingerprint density at radius 1 is 0.652 bits per heavy atom. The van der Waals surface area contributed by atoms with Crippen LogP contribution >= 0.6 is 0 Å². The molecule has 0 saturated carbocycles. The Labute approximate surface area is 134 Å². The van der Waals surface area contributed by atoms with Gasteiger partial charge in [0.1, 0.15) is 0 Å². The second kappa shape index (κ2) is 5.34. The second-order valence-electron chi connectivity index (χ2n) is 5.49. The van der Waals surface area contributed by atoms with Crippen LogP contribution in [0.1, 0.15) is 22.3 Å². The molecule has 6 nitrogen and oxygen atoms in total. The molecular formula is C16H18O6S. The van der Waals surface area contributed by atoms with Crippen LogP contribution in [0.2, 0.25) is 0 Å². The lowest BCUT2D eigenvalue weighted by molar-refractivity contribution is 0.398. The first-order valence-corrected chi connectivity index (χ1v) is 8.27. The van der Waals surface area contributed by atoms with Gasteiger partial charge in [0.25, 0.3) is 0 Å². The van der Waals surface area contributed by atoms with E-state index in [2.05, 4.69) is 0 Å². The Balaban J connectivity index is 2.85. The van der Waals surface area contributed by atoms with Crippen LogP contribution in [-0.2, 0) is 9.84 Å². The molecule has 0 bridgehead atoms. The Bertz CT molecular complexity index is 844. The summed E-state index contributed by atoms with van der Waals surface area (Å²) in [4.78, 5) is -0.337. The molecule has 2 rings (SSSR count). The first-order chi connectivity index (χ1) is 10.5. The largest absolute Gasteiger partial charge is 0.504 e. The molecule has 0 heterocycles. The summed E-state index contributed by atoms with van der Waals surface area (Å²) in [5.74, 6) is -1.82. The van der Waals surface area contributed by atoms with Gasteiger partial charge >= 0.3 is 0 Å². The van der Waals surface area contributed by atoms with Crippen LogP contribution in [0.3, 0.4) is 0 Å². The van der Waals surface area contributed by atoms with Crippen molar-refractivity contribution < 1.29 is 28.8 Å². The van der Waals surface area contributed by atoms with Crippen LogP contribution in [0.4, 0.5) is 0 Å². The van der Waals surface area contributed by atoms with Crippen molar-refractivity contribution in [3.05, 3.63) is 34.4 Å². The van der Waals surface area contributed by atoms with Gasteiger partial charge in [-0.05, 0) is 49.9 Å². The topological polar surface area (TPSA) is 115 Å². The van der Waals surface area contributed by atoms with Gasteiger partial charge in [0.15, 0.2) is 23.0 Å². The highest BCUT2D eigenvalue weighted by atomic mass is 32.2. The molecule has 2 aromatic carbocycles. The van der Waals surface area contributed by atoms with Crippen molar-refractivity contribution in [3.8, 4) is 23.0 Å². The lowest BCUT2D eigenvalue weighted by Gasteiger charge is -2.16. The fraction of sp³-hybridized carbons (Fsp3) is 0.250. The van der Waals surface area contributed by atoms with E-state index in [1.807, 2.05) is 0 Å². The van der Waals surface area contributed by atoms with Crippen molar-refractivity contribution in [3.63, 3.8) is 0 Å². The molecule has 0 aliphatic carbocycles. The van der Waals surface area contributed by atoms with Gasteiger partial charge in [0.05, 0.1) is 9.79 Å². The quantitative estimate of drug-likeness (QED) is 0.626. The lowest BCUT2D eigenvalue weighted by atomic mass is 10.1. The van der Waals surface area contributed by atoms with Gasteiger partial charge in [-0.25, -0.2) is 8.42 Å². The molecule has 0 spiro atoms. The second-order valence-corrected chi connectivity index (χ2v) is 7.37. The van der Waals surface area contributed by atoms with Gasteiger partial charge < -0.3 is 20.4 Å². The average Bonchev–Trinajstić information content (AvgIpc) is 2.49. The summed E-state index contributed by atoms with van der Waals surface area (Å²) in [6.45, 7) is 6.03. The standard InChI is InChI=1S/C16H18O6S/c1-7-9(3)15(19)11(17)5-13(7)23(21,22)14-6-12(18)16(20)10(4)8(14)2/h5-6,17-20H,1-4H3. The summed E-state index contributed by atoms with van der Waals surface area (Å²) in [6, 6.07) is 1.96. The zero-order valence-electron chi connectivity index (χ0n) is 13.2. The molecule has 7 heteroatoms. The van der Waals surface area contributed by atoms with Gasteiger partial charge in [0, 0.05) is 12.1 Å². The number of hydrogen-bond donors (Lipinski definition) is 4. The van der Waals surface area contributed by atoms with E-state index >= 15 is 0 Å². The third kappa shape index (κ3) is 2.46. The van der Waals surface area contributed by atoms with Crippen LogP contribution in [0.25, 0.3) is 0 Å². The zero-order chi connectivity index (χ0) is 17.7. The van der Waals surface area contributed by atoms with E-state index in [1.54, 1.807) is 0 Å². The highest BCUT2D eigenvalue weighted by Gasteiger charge is 2.27. The monoisotopic (exact) mass is 338 g/mol. The van der Waals surface area contributed by atoms with Gasteiger partial charge in [0.2, 0.25) is 9.84 Å². The van der Waals surface area contributed by atoms with E-state index in [0.29, 0.717) is 11.1 Å². The van der Waals surface area contributed by atoms with E-state index in [9.17, 15) is 28.8 Å². The van der Waals surface area contributed by atoms with Crippen LogP contribution in [-0.4, -0.2) is 28.8 Å². The van der Waals surface area contributed by atoms with Gasteiger partial charge in [-0.3, -0.25) is 0 Å². The molecule has 0 radical (unpaired) electrons. The summed E-state index contributed by atoms with van der Waals surface area (Å²) in [6.07, 6.45) is 0. The van der Waals surface area contributed by atoms with E-state index < -0.39 is 21.3 Å². The first kappa shape index (κ1) is 17.0. The van der Waals surface area contributed by atoms with Gasteiger partial charge in [-0.2, -0.15) is 0 Å². The maximum Gasteiger partial charge on any atom is 0.207 e. The Kier molecular flexibility index (Phi) is 3.94. The van der Waals surface area contributed by atoms with Crippen molar-refractivity contribution >= 4 is 9.84 Å². The maximum atomic E-state index is 12.9. The average molecular weight is 338 g/mol. The molecule has 0 aliphatic rings. The summed E-state index contributed by atoms with van der Waals surface area (Å²) >= 11 is 0. The molecular weight excluding hydrogens is 320 g/mol. The van der Waals surface area contributed by atoms with E-state index in [-0.39, 0.29) is 32.4 Å². The molecule has 0 atom stereocenters. The predicted octanol–water partition coefficient (Wildman–Crippen LogP) is 2.58. The lowest BCUT2D eigenvalue weighted by Crippen LogP contribution is -2.08. The third-order valence-electron chi connectivity index (χ3n) is 4.17. The number of hydrogen-bond acceptors (Lipinski definition) is 6. The van der Waals surface area contributed by atoms with Crippen molar-refractivity contribution in [1.29, 1.82) is 0 Å². The minimum absolute atomic E-state index is 0.169. The maximum absolute atomic E-state index is 12.9. The molecule has 124 valence electrons. The van der Waals surface area contributed by atoms with Crippen LogP contribution in [0, 0.1) is 27.7 Å². The Morgan fingerprint density at radius 3 is 1.26 bits per heavy atom. The number of phenols is 4. The van der Waals surface area contributed by atoms with E-state index in [1.165, 1.54) is 27.7 Å². The zero-order valence-corrected chi connectivity index (χ0v) is 14.0. The van der Waals surface area contributed by atoms with E-state index in [0.717, 1.165) is 12.1 Å². The van der Waals surface area contributed by atoms with Crippen LogP contribution in [0.5, 0.6) is 23.0 Å². The molecule has 0 saturated heterocycles. The molecule has 0 fully saturated rings. The van der Waals surface area contributed by atoms with Crippen molar-refractivity contribution in [2.75, 3.05) is 0 Å². The van der Waals surface area contributed by atoms with Crippen molar-refractivity contribution in [2.45, 2.75) is 37.5 Å². The molecule has 0 unspecified atom stereocenters. The SMILES string of the molecule is Cc1c(S(=O)(=O)c2cc(O)c(O)c(C)c2C)cc(O)c(O)c1C. The number of phenolic OH excluding ortho intramolecular Hbond substituents is 4. The van der Waals surface area contributed by atoms with Crippen molar-refractivity contribution in [1.82, 2.24) is 0 Å². The fourth-order valence-electron chi connectivity index (χ4n) is 2.39. The number of benzene rings is 2. The molecule has 2 aromatic rings. The van der Waals surface area contributed by atoms with E-state index in [4.69, 9.17) is 0 Å². The molecule has 23 heavy (non-hydrogen) atoms. The number of sulfone groups is 1. The summed E-state index contributed by atoms with van der Waals surface area (Å²) in [7, 11) is -4.07. The number of aromatic hydroxyl groups is 4. The molecule has 0 aromatic heterocycles. The summed E-state index contributed by atoms with van der Waals surface area (Å²) < 4.78 is 25.8. The van der Waals surface area contributed by atoms with Crippen molar-refractivity contribution in [2.24, 2.45) is 0 Å². The smallest absolute Gasteiger partial charge is 0.207 e. The molecule has 0 amide bonds. The predicted molar refractivity (Wildman–Crippen MR) is 83.9 cm³/mol. The summed E-state index contributed by atoms with van der Waals surface area (Å²) in [5, 5.41) is 38.9. The van der Waals surface area contributed by atoms with Gasteiger partial charge in [-0.1, -0.05) is 0 Å². The van der Waals surface area contributed by atoms with Gasteiger partial charge in [-0.15, -0.1) is 0 Å². The molecule has 0 aliphatic heterocycles. The fourth-order valence-corrected chi connectivity index (χ4v) is 4.27. The summed E-state index contributed by atoms with van der Waals surface area (Å²) in [5.41, 5.74) is 1.09. The minimum atomic E-state index is -4.07. The highest BCUT2D eigenvalue weighted by molar-refractivity contribution is 7.91. The Morgan fingerprint density at radius 2 is 0.957 bits per heavy atom. The molecule has 4 N–H and O–H groups in total. The minimum Gasteiger partial charge on any atom is -0.504 e. The highest BCUT2D eigenvalue weighted by Crippen LogP contribution is 2.41. The first-order valence-electron chi connectivity index (χ1n) is 6.79. The number of rotatable bonds is 2. The van der Waals surface area contributed by atoms with Crippen LogP contribution in [0.15, 0.2) is 21.9 Å². The van der Waals surface area contributed by atoms with Crippen LogP contribution < -0.4 is 0 Å². The third-order valence-corrected chi connectivity index (χ3v) is 6.18.